The van der Waals surface area contributed by atoms with Crippen molar-refractivity contribution in [1.82, 2.24) is 16.0 Å². The Morgan fingerprint density at radius 3 is 2.08 bits per heavy atom. The van der Waals surface area contributed by atoms with Gasteiger partial charge in [-0.3, -0.25) is 4.79 Å². The Labute approximate surface area is 156 Å². The molecule has 6 heteroatoms. The maximum absolute atomic E-state index is 12.1. The van der Waals surface area contributed by atoms with Crippen molar-refractivity contribution >= 4 is 12.0 Å². The van der Waals surface area contributed by atoms with Crippen LogP contribution in [-0.4, -0.2) is 35.7 Å². The molecule has 1 aromatic rings. The van der Waals surface area contributed by atoms with Crippen LogP contribution < -0.4 is 16.0 Å². The molecule has 0 aliphatic carbocycles. The molecule has 26 heavy (non-hydrogen) atoms. The highest BCUT2D eigenvalue weighted by atomic mass is 16.4. The van der Waals surface area contributed by atoms with Gasteiger partial charge in [0.15, 0.2) is 0 Å². The fraction of sp³-hybridized carbons (Fsp3) is 0.600. The van der Waals surface area contributed by atoms with Crippen molar-refractivity contribution in [3.8, 4) is 0 Å². The first-order valence-electron chi connectivity index (χ1n) is 9.23. The fourth-order valence-corrected chi connectivity index (χ4v) is 2.95. The predicted molar refractivity (Wildman–Crippen MR) is 104 cm³/mol. The van der Waals surface area contributed by atoms with Crippen LogP contribution in [0.25, 0.3) is 0 Å². The van der Waals surface area contributed by atoms with Gasteiger partial charge in [-0.15, -0.1) is 0 Å². The summed E-state index contributed by atoms with van der Waals surface area (Å²) < 4.78 is 0. The zero-order valence-electron chi connectivity index (χ0n) is 16.6. The second kappa shape index (κ2) is 9.57. The number of carboxylic acids is 1. The van der Waals surface area contributed by atoms with Gasteiger partial charge in [-0.05, 0) is 39.2 Å². The Morgan fingerprint density at radius 2 is 1.58 bits per heavy atom. The van der Waals surface area contributed by atoms with Crippen molar-refractivity contribution in [2.24, 2.45) is 5.41 Å². The molecule has 0 saturated heterocycles. The molecule has 0 fully saturated rings. The number of aliphatic carboxylic acids is 1. The molecule has 4 N–H and O–H groups in total. The molecule has 1 atom stereocenters. The smallest absolute Gasteiger partial charge is 0.314 e. The van der Waals surface area contributed by atoms with Gasteiger partial charge in [-0.25, -0.2) is 4.79 Å². The zero-order valence-corrected chi connectivity index (χ0v) is 16.6. The number of urea groups is 1. The number of carboxylic acid groups (broad SMARTS) is 1. The molecule has 0 heterocycles. The number of carbonyl (C=O) groups is 2. The van der Waals surface area contributed by atoms with Crippen LogP contribution in [0.5, 0.6) is 0 Å². The summed E-state index contributed by atoms with van der Waals surface area (Å²) in [6, 6.07) is 9.92. The van der Waals surface area contributed by atoms with Crippen molar-refractivity contribution in [3.63, 3.8) is 0 Å². The average Bonchev–Trinajstić information content (AvgIpc) is 2.61. The van der Waals surface area contributed by atoms with Gasteiger partial charge in [0.25, 0.3) is 0 Å². The van der Waals surface area contributed by atoms with E-state index in [1.165, 1.54) is 5.56 Å². The van der Waals surface area contributed by atoms with E-state index in [0.717, 1.165) is 0 Å². The van der Waals surface area contributed by atoms with Crippen LogP contribution in [0.2, 0.25) is 0 Å². The number of amides is 2. The second-order valence-corrected chi connectivity index (χ2v) is 7.49. The Hall–Kier alpha value is -2.08. The average molecular weight is 364 g/mol. The highest BCUT2D eigenvalue weighted by Crippen LogP contribution is 2.25. The number of benzene rings is 1. The maximum Gasteiger partial charge on any atom is 0.314 e. The van der Waals surface area contributed by atoms with Gasteiger partial charge in [0.1, 0.15) is 0 Å². The molecule has 0 aromatic heterocycles. The monoisotopic (exact) mass is 363 g/mol. The van der Waals surface area contributed by atoms with E-state index in [-0.39, 0.29) is 24.2 Å². The Bertz CT molecular complexity index is 583. The van der Waals surface area contributed by atoms with Gasteiger partial charge in [0, 0.05) is 24.7 Å². The molecule has 0 aliphatic heterocycles. The predicted octanol–water partition coefficient (Wildman–Crippen LogP) is 3.31. The van der Waals surface area contributed by atoms with Crippen LogP contribution in [0.3, 0.4) is 0 Å². The molecule has 2 amide bonds. The molecule has 0 spiro atoms. The van der Waals surface area contributed by atoms with Crippen molar-refractivity contribution < 1.29 is 14.7 Å². The van der Waals surface area contributed by atoms with Crippen molar-refractivity contribution in [2.75, 3.05) is 13.1 Å². The fourth-order valence-electron chi connectivity index (χ4n) is 2.95. The molecular formula is C20H33N3O3. The number of hydrogen-bond donors (Lipinski definition) is 4. The lowest BCUT2D eigenvalue weighted by molar-refractivity contribution is -0.149. The molecule has 0 radical (unpaired) electrons. The first-order valence-corrected chi connectivity index (χ1v) is 9.23. The summed E-state index contributed by atoms with van der Waals surface area (Å²) in [5.41, 5.74) is -0.0407. The SMILES string of the molecule is CCC(CC)(CNC(=O)NCC(C)(C)NC(C)c1ccccc1)C(=O)O. The normalized spacial score (nSPS) is 13.1. The van der Waals surface area contributed by atoms with Gasteiger partial charge < -0.3 is 21.1 Å². The van der Waals surface area contributed by atoms with Gasteiger partial charge in [-0.1, -0.05) is 44.2 Å². The molecule has 0 aliphatic rings. The van der Waals surface area contributed by atoms with Crippen molar-refractivity contribution in [2.45, 2.75) is 59.0 Å². The summed E-state index contributed by atoms with van der Waals surface area (Å²) in [7, 11) is 0. The lowest BCUT2D eigenvalue weighted by atomic mass is 9.82. The van der Waals surface area contributed by atoms with E-state index in [1.807, 2.05) is 45.9 Å². The van der Waals surface area contributed by atoms with E-state index < -0.39 is 11.4 Å². The minimum Gasteiger partial charge on any atom is -0.481 e. The Kier molecular flexibility index (Phi) is 8.08. The van der Waals surface area contributed by atoms with Gasteiger partial charge in [0.2, 0.25) is 0 Å². The van der Waals surface area contributed by atoms with Gasteiger partial charge in [0.05, 0.1) is 5.41 Å². The molecule has 146 valence electrons. The summed E-state index contributed by atoms with van der Waals surface area (Å²) in [4.78, 5) is 23.6. The van der Waals surface area contributed by atoms with Crippen LogP contribution in [-0.2, 0) is 4.79 Å². The topological polar surface area (TPSA) is 90.5 Å². The Balaban J connectivity index is 2.51. The van der Waals surface area contributed by atoms with E-state index in [4.69, 9.17) is 0 Å². The molecule has 1 rings (SSSR count). The van der Waals surface area contributed by atoms with Crippen molar-refractivity contribution in [1.29, 1.82) is 0 Å². The van der Waals surface area contributed by atoms with E-state index >= 15 is 0 Å². The van der Waals surface area contributed by atoms with Crippen LogP contribution in [0.4, 0.5) is 4.79 Å². The lowest BCUT2D eigenvalue weighted by Crippen LogP contribution is -2.53. The number of hydrogen-bond acceptors (Lipinski definition) is 3. The molecule has 0 bridgehead atoms. The first-order chi connectivity index (χ1) is 12.2. The minimum absolute atomic E-state index is 0.120. The number of rotatable bonds is 10. The molecule has 1 aromatic carbocycles. The minimum atomic E-state index is -0.910. The standard InChI is InChI=1S/C20H33N3O3/c1-6-20(7-2,17(24)25)14-22-18(26)21-13-19(4,5)23-15(3)16-11-9-8-10-12-16/h8-12,15,23H,6-7,13-14H2,1-5H3,(H,24,25)(H2,21,22,26). The third kappa shape index (κ3) is 6.33. The molecule has 6 nitrogen and oxygen atoms in total. The zero-order chi connectivity index (χ0) is 19.8. The highest BCUT2D eigenvalue weighted by Gasteiger charge is 2.35. The summed E-state index contributed by atoms with van der Waals surface area (Å²) in [6.07, 6.45) is 0.946. The van der Waals surface area contributed by atoms with Crippen LogP contribution in [0, 0.1) is 5.41 Å². The Morgan fingerprint density at radius 1 is 1.04 bits per heavy atom. The summed E-state index contributed by atoms with van der Waals surface area (Å²) in [5, 5.41) is 18.5. The van der Waals surface area contributed by atoms with E-state index in [0.29, 0.717) is 19.4 Å². The van der Waals surface area contributed by atoms with E-state index in [9.17, 15) is 14.7 Å². The summed E-state index contributed by atoms with van der Waals surface area (Å²) in [5.74, 6) is -0.874. The summed E-state index contributed by atoms with van der Waals surface area (Å²) >= 11 is 0. The number of carbonyl (C=O) groups excluding carboxylic acids is 1. The van der Waals surface area contributed by atoms with Crippen molar-refractivity contribution in [3.05, 3.63) is 35.9 Å². The lowest BCUT2D eigenvalue weighted by Gasteiger charge is -2.31. The van der Waals surface area contributed by atoms with Crippen LogP contribution >= 0.6 is 0 Å². The third-order valence-electron chi connectivity index (χ3n) is 4.99. The van der Waals surface area contributed by atoms with Crippen LogP contribution in [0.15, 0.2) is 30.3 Å². The second-order valence-electron chi connectivity index (χ2n) is 7.49. The third-order valence-corrected chi connectivity index (χ3v) is 4.99. The quantitative estimate of drug-likeness (QED) is 0.513. The summed E-state index contributed by atoms with van der Waals surface area (Å²) in [6.45, 7) is 10.3. The number of nitrogens with one attached hydrogen (secondary N) is 3. The van der Waals surface area contributed by atoms with Crippen LogP contribution in [0.1, 0.15) is 59.1 Å². The highest BCUT2D eigenvalue weighted by molar-refractivity contribution is 5.78. The molecule has 1 unspecified atom stereocenters. The molecular weight excluding hydrogens is 330 g/mol. The van der Waals surface area contributed by atoms with Gasteiger partial charge in [-0.2, -0.15) is 0 Å². The van der Waals surface area contributed by atoms with Gasteiger partial charge >= 0.3 is 12.0 Å². The van der Waals surface area contributed by atoms with E-state index in [1.54, 1.807) is 0 Å². The molecule has 0 saturated carbocycles. The first kappa shape index (κ1) is 22.0. The van der Waals surface area contributed by atoms with E-state index in [2.05, 4.69) is 35.0 Å². The largest absolute Gasteiger partial charge is 0.481 e. The maximum atomic E-state index is 12.1.